The third-order valence-corrected chi connectivity index (χ3v) is 5.14. The molecule has 0 unspecified atom stereocenters. The van der Waals surface area contributed by atoms with Crippen molar-refractivity contribution in [2.45, 2.75) is 19.4 Å². The van der Waals surface area contributed by atoms with E-state index in [1.807, 2.05) is 18.2 Å². The zero-order valence-corrected chi connectivity index (χ0v) is 14.9. The van der Waals surface area contributed by atoms with Crippen molar-refractivity contribution in [1.82, 2.24) is 5.32 Å². The average molecular weight is 382 g/mol. The first-order chi connectivity index (χ1) is 13.6. The maximum atomic E-state index is 12.7. The molecule has 0 aromatic heterocycles. The fraction of sp³-hybridized carbons (Fsp3) is 0.300. The van der Waals surface area contributed by atoms with Crippen LogP contribution >= 0.6 is 0 Å². The highest BCUT2D eigenvalue weighted by atomic mass is 16.7. The second-order valence-corrected chi connectivity index (χ2v) is 6.97. The van der Waals surface area contributed by atoms with Crippen molar-refractivity contribution in [3.63, 3.8) is 0 Å². The van der Waals surface area contributed by atoms with Crippen LogP contribution in [0.1, 0.15) is 18.4 Å². The smallest absolute Gasteiger partial charge is 0.240 e. The fourth-order valence-corrected chi connectivity index (χ4v) is 3.31. The van der Waals surface area contributed by atoms with E-state index in [9.17, 15) is 9.59 Å². The quantitative estimate of drug-likeness (QED) is 0.770. The SMILES string of the molecule is O=C(NCc1ccc2c(c1)OCO2)C1(C(=O)Nc2ccc3c(c2)OCO3)CC1. The van der Waals surface area contributed by atoms with E-state index < -0.39 is 5.41 Å². The molecule has 2 aromatic rings. The minimum atomic E-state index is -1.02. The van der Waals surface area contributed by atoms with Gasteiger partial charge in [0.25, 0.3) is 0 Å². The lowest BCUT2D eigenvalue weighted by Crippen LogP contribution is -2.39. The van der Waals surface area contributed by atoms with Crippen molar-refractivity contribution in [2.24, 2.45) is 5.41 Å². The molecule has 0 bridgehead atoms. The molecule has 5 rings (SSSR count). The Hall–Kier alpha value is -3.42. The number of amides is 2. The summed E-state index contributed by atoms with van der Waals surface area (Å²) in [5.74, 6) is 1.98. The molecule has 8 nitrogen and oxygen atoms in total. The van der Waals surface area contributed by atoms with Crippen LogP contribution in [0, 0.1) is 5.41 Å². The Balaban J connectivity index is 1.22. The number of carbonyl (C=O) groups is 2. The van der Waals surface area contributed by atoms with E-state index >= 15 is 0 Å². The van der Waals surface area contributed by atoms with Crippen molar-refractivity contribution < 1.29 is 28.5 Å². The normalized spacial score (nSPS) is 17.1. The van der Waals surface area contributed by atoms with Crippen LogP contribution in [0.15, 0.2) is 36.4 Å². The molecule has 1 fully saturated rings. The Labute approximate surface area is 160 Å². The van der Waals surface area contributed by atoms with Gasteiger partial charge in [-0.15, -0.1) is 0 Å². The summed E-state index contributed by atoms with van der Waals surface area (Å²) in [6.07, 6.45) is 1.05. The molecule has 1 saturated carbocycles. The predicted octanol–water partition coefficient (Wildman–Crippen LogP) is 2.18. The topological polar surface area (TPSA) is 95.1 Å². The predicted molar refractivity (Wildman–Crippen MR) is 97.3 cm³/mol. The van der Waals surface area contributed by atoms with Crippen LogP contribution < -0.4 is 29.6 Å². The molecular weight excluding hydrogens is 364 g/mol. The van der Waals surface area contributed by atoms with Gasteiger partial charge in [-0.25, -0.2) is 0 Å². The van der Waals surface area contributed by atoms with E-state index in [-0.39, 0.29) is 25.4 Å². The molecule has 2 aromatic carbocycles. The van der Waals surface area contributed by atoms with Gasteiger partial charge in [-0.2, -0.15) is 0 Å². The highest BCUT2D eigenvalue weighted by Crippen LogP contribution is 2.47. The molecule has 2 amide bonds. The second kappa shape index (κ2) is 6.33. The largest absolute Gasteiger partial charge is 0.454 e. The number of rotatable bonds is 5. The Morgan fingerprint density at radius 1 is 0.821 bits per heavy atom. The first-order valence-corrected chi connectivity index (χ1v) is 9.02. The molecular formula is C20H18N2O6. The maximum Gasteiger partial charge on any atom is 0.240 e. The molecule has 0 saturated heterocycles. The van der Waals surface area contributed by atoms with Gasteiger partial charge in [-0.3, -0.25) is 9.59 Å². The molecule has 0 spiro atoms. The molecule has 8 heteroatoms. The minimum Gasteiger partial charge on any atom is -0.454 e. The second-order valence-electron chi connectivity index (χ2n) is 6.97. The van der Waals surface area contributed by atoms with Gasteiger partial charge in [0, 0.05) is 18.3 Å². The van der Waals surface area contributed by atoms with Crippen molar-refractivity contribution in [1.29, 1.82) is 0 Å². The Bertz CT molecular complexity index is 969. The summed E-state index contributed by atoms with van der Waals surface area (Å²) in [6, 6.07) is 10.7. The summed E-state index contributed by atoms with van der Waals surface area (Å²) in [6.45, 7) is 0.682. The van der Waals surface area contributed by atoms with E-state index in [1.54, 1.807) is 18.2 Å². The molecule has 3 aliphatic rings. The van der Waals surface area contributed by atoms with Gasteiger partial charge in [0.2, 0.25) is 25.4 Å². The van der Waals surface area contributed by atoms with Gasteiger partial charge in [-0.1, -0.05) is 6.07 Å². The Morgan fingerprint density at radius 3 is 2.18 bits per heavy atom. The Morgan fingerprint density at radius 2 is 1.46 bits per heavy atom. The number of anilines is 1. The minimum absolute atomic E-state index is 0.166. The highest BCUT2D eigenvalue weighted by Gasteiger charge is 2.56. The molecule has 2 aliphatic heterocycles. The zero-order valence-electron chi connectivity index (χ0n) is 14.9. The number of hydrogen-bond donors (Lipinski definition) is 2. The van der Waals surface area contributed by atoms with Crippen LogP contribution in [-0.4, -0.2) is 25.4 Å². The van der Waals surface area contributed by atoms with Crippen LogP contribution in [0.3, 0.4) is 0 Å². The number of fused-ring (bicyclic) bond motifs is 2. The highest BCUT2D eigenvalue weighted by molar-refractivity contribution is 6.13. The summed E-state index contributed by atoms with van der Waals surface area (Å²) < 4.78 is 21.2. The first-order valence-electron chi connectivity index (χ1n) is 9.02. The molecule has 1 aliphatic carbocycles. The van der Waals surface area contributed by atoms with Crippen molar-refractivity contribution in [2.75, 3.05) is 18.9 Å². The molecule has 2 heterocycles. The van der Waals surface area contributed by atoms with Gasteiger partial charge in [0.05, 0.1) is 0 Å². The third-order valence-electron chi connectivity index (χ3n) is 5.14. The lowest BCUT2D eigenvalue weighted by atomic mass is 10.0. The van der Waals surface area contributed by atoms with E-state index in [4.69, 9.17) is 18.9 Å². The lowest BCUT2D eigenvalue weighted by molar-refractivity contribution is -0.134. The Kier molecular flexibility index (Phi) is 3.78. The molecule has 28 heavy (non-hydrogen) atoms. The van der Waals surface area contributed by atoms with E-state index in [0.29, 0.717) is 48.1 Å². The molecule has 0 radical (unpaired) electrons. The maximum absolute atomic E-state index is 12.7. The number of benzene rings is 2. The standard InChI is InChI=1S/C20H18N2O6/c23-18(21-9-12-1-3-14-16(7-12)27-10-25-14)20(5-6-20)19(24)22-13-2-4-15-17(8-13)28-11-26-15/h1-4,7-8H,5-6,9-11H2,(H,21,23)(H,22,24). The van der Waals surface area contributed by atoms with Gasteiger partial charge >= 0.3 is 0 Å². The van der Waals surface area contributed by atoms with Crippen molar-refractivity contribution >= 4 is 17.5 Å². The van der Waals surface area contributed by atoms with Gasteiger partial charge < -0.3 is 29.6 Å². The van der Waals surface area contributed by atoms with E-state index in [2.05, 4.69) is 10.6 Å². The van der Waals surface area contributed by atoms with Crippen LogP contribution in [0.2, 0.25) is 0 Å². The monoisotopic (exact) mass is 382 g/mol. The van der Waals surface area contributed by atoms with Gasteiger partial charge in [0.15, 0.2) is 23.0 Å². The van der Waals surface area contributed by atoms with Gasteiger partial charge in [0.1, 0.15) is 5.41 Å². The van der Waals surface area contributed by atoms with E-state index in [1.165, 1.54) is 0 Å². The fourth-order valence-electron chi connectivity index (χ4n) is 3.31. The summed E-state index contributed by atoms with van der Waals surface area (Å²) in [4.78, 5) is 25.4. The lowest BCUT2D eigenvalue weighted by Gasteiger charge is -2.16. The van der Waals surface area contributed by atoms with Crippen LogP contribution in [0.25, 0.3) is 0 Å². The molecule has 0 atom stereocenters. The number of hydrogen-bond acceptors (Lipinski definition) is 6. The average Bonchev–Trinajstić information content (AvgIpc) is 3.17. The molecule has 144 valence electrons. The van der Waals surface area contributed by atoms with Crippen molar-refractivity contribution in [3.05, 3.63) is 42.0 Å². The number of ether oxygens (including phenoxy) is 4. The first kappa shape index (κ1) is 16.7. The summed E-state index contributed by atoms with van der Waals surface area (Å²) in [5, 5.41) is 5.68. The molecule has 2 N–H and O–H groups in total. The van der Waals surface area contributed by atoms with E-state index in [0.717, 1.165) is 5.56 Å². The van der Waals surface area contributed by atoms with Crippen molar-refractivity contribution in [3.8, 4) is 23.0 Å². The van der Waals surface area contributed by atoms with Crippen LogP contribution in [0.5, 0.6) is 23.0 Å². The summed E-state index contributed by atoms with van der Waals surface area (Å²) in [7, 11) is 0. The van der Waals surface area contributed by atoms with Crippen LogP contribution in [0.4, 0.5) is 5.69 Å². The number of nitrogens with one attached hydrogen (secondary N) is 2. The van der Waals surface area contributed by atoms with Gasteiger partial charge in [-0.05, 0) is 42.7 Å². The zero-order chi connectivity index (χ0) is 19.1. The summed E-state index contributed by atoms with van der Waals surface area (Å²) in [5.41, 5.74) is 0.431. The number of carbonyl (C=O) groups excluding carboxylic acids is 2. The summed E-state index contributed by atoms with van der Waals surface area (Å²) >= 11 is 0. The van der Waals surface area contributed by atoms with Crippen LogP contribution in [-0.2, 0) is 16.1 Å². The third kappa shape index (κ3) is 2.87.